The van der Waals surface area contributed by atoms with Crippen LogP contribution in [0.4, 0.5) is 0 Å². The number of nitrogens with zero attached hydrogens (tertiary/aromatic N) is 1. The fourth-order valence-electron chi connectivity index (χ4n) is 2.15. The van der Waals surface area contributed by atoms with Crippen molar-refractivity contribution in [3.05, 3.63) is 35.9 Å². The summed E-state index contributed by atoms with van der Waals surface area (Å²) in [5, 5.41) is 6.63. The van der Waals surface area contributed by atoms with E-state index in [2.05, 4.69) is 52.9 Å². The lowest BCUT2D eigenvalue weighted by molar-refractivity contribution is 0.647. The molecule has 0 aliphatic heterocycles. The van der Waals surface area contributed by atoms with Gasteiger partial charge in [0.05, 0.1) is 0 Å². The predicted molar refractivity (Wildman–Crippen MR) is 72.4 cm³/mol. The number of aliphatic imine (C=N–C) groups is 1. The number of guanidine groups is 1. The summed E-state index contributed by atoms with van der Waals surface area (Å²) >= 11 is 0. The number of hydrogen-bond acceptors (Lipinski definition) is 1. The molecule has 1 aliphatic carbocycles. The van der Waals surface area contributed by atoms with Crippen molar-refractivity contribution in [3.8, 4) is 0 Å². The summed E-state index contributed by atoms with van der Waals surface area (Å²) in [5.74, 6) is 0.898. The van der Waals surface area contributed by atoms with Gasteiger partial charge in [0.1, 0.15) is 0 Å². The maximum atomic E-state index is 4.20. The van der Waals surface area contributed by atoms with Gasteiger partial charge in [0.15, 0.2) is 5.96 Å². The van der Waals surface area contributed by atoms with Crippen LogP contribution in [-0.2, 0) is 5.41 Å². The molecule has 1 fully saturated rings. The van der Waals surface area contributed by atoms with Crippen LogP contribution in [0.2, 0.25) is 0 Å². The van der Waals surface area contributed by atoms with Crippen LogP contribution in [0.15, 0.2) is 35.3 Å². The van der Waals surface area contributed by atoms with Crippen LogP contribution >= 0.6 is 0 Å². The molecule has 3 nitrogen and oxygen atoms in total. The van der Waals surface area contributed by atoms with Gasteiger partial charge >= 0.3 is 0 Å². The molecule has 92 valence electrons. The second-order valence-electron chi connectivity index (χ2n) is 4.60. The first-order valence-corrected chi connectivity index (χ1v) is 6.31. The third-order valence-corrected chi connectivity index (χ3v) is 3.40. The molecule has 0 amide bonds. The average molecular weight is 231 g/mol. The van der Waals surface area contributed by atoms with Crippen molar-refractivity contribution in [1.29, 1.82) is 0 Å². The van der Waals surface area contributed by atoms with Crippen molar-refractivity contribution >= 4 is 5.96 Å². The van der Waals surface area contributed by atoms with E-state index < -0.39 is 0 Å². The van der Waals surface area contributed by atoms with E-state index in [1.165, 1.54) is 18.4 Å². The highest BCUT2D eigenvalue weighted by Crippen LogP contribution is 2.47. The van der Waals surface area contributed by atoms with E-state index in [9.17, 15) is 0 Å². The molecule has 0 atom stereocenters. The van der Waals surface area contributed by atoms with E-state index in [1.54, 1.807) is 0 Å². The molecule has 1 saturated carbocycles. The Morgan fingerprint density at radius 2 is 1.94 bits per heavy atom. The average Bonchev–Trinajstić information content (AvgIpc) is 3.17. The molecule has 1 aliphatic rings. The van der Waals surface area contributed by atoms with E-state index in [0.717, 1.165) is 19.0 Å². The van der Waals surface area contributed by atoms with Crippen molar-refractivity contribution in [3.63, 3.8) is 0 Å². The summed E-state index contributed by atoms with van der Waals surface area (Å²) in [6.07, 6.45) is 2.54. The zero-order valence-corrected chi connectivity index (χ0v) is 10.7. The molecule has 0 unspecified atom stereocenters. The first-order valence-electron chi connectivity index (χ1n) is 6.31. The van der Waals surface area contributed by atoms with Crippen LogP contribution in [0.3, 0.4) is 0 Å². The molecule has 0 radical (unpaired) electrons. The second-order valence-corrected chi connectivity index (χ2v) is 4.60. The first-order chi connectivity index (χ1) is 8.30. The molecule has 1 aromatic rings. The van der Waals surface area contributed by atoms with Gasteiger partial charge in [0, 0.05) is 25.6 Å². The van der Waals surface area contributed by atoms with Gasteiger partial charge in [-0.1, -0.05) is 30.3 Å². The number of benzene rings is 1. The van der Waals surface area contributed by atoms with E-state index in [-0.39, 0.29) is 0 Å². The van der Waals surface area contributed by atoms with Crippen LogP contribution < -0.4 is 10.6 Å². The molecule has 0 aromatic heterocycles. The summed E-state index contributed by atoms with van der Waals surface area (Å²) in [6, 6.07) is 10.8. The molecular formula is C14H21N3. The Morgan fingerprint density at radius 3 is 2.47 bits per heavy atom. The third-order valence-electron chi connectivity index (χ3n) is 3.40. The van der Waals surface area contributed by atoms with Gasteiger partial charge in [-0.2, -0.15) is 0 Å². The normalized spacial score (nSPS) is 17.6. The minimum atomic E-state index is 0.340. The minimum Gasteiger partial charge on any atom is -0.357 e. The van der Waals surface area contributed by atoms with Gasteiger partial charge in [0.25, 0.3) is 0 Å². The van der Waals surface area contributed by atoms with Gasteiger partial charge in [-0.25, -0.2) is 0 Å². The standard InChI is InChI=1S/C14H21N3/c1-3-16-13(15-2)17-11-14(9-10-14)12-7-5-4-6-8-12/h4-8H,3,9-11H2,1-2H3,(H2,15,16,17). The molecule has 2 rings (SSSR count). The van der Waals surface area contributed by atoms with Gasteiger partial charge in [-0.3, -0.25) is 4.99 Å². The Hall–Kier alpha value is -1.51. The predicted octanol–water partition coefficient (Wildman–Crippen LogP) is 1.90. The maximum Gasteiger partial charge on any atom is 0.190 e. The topological polar surface area (TPSA) is 36.4 Å². The maximum absolute atomic E-state index is 4.20. The first kappa shape index (κ1) is 12.0. The highest BCUT2D eigenvalue weighted by atomic mass is 15.2. The van der Waals surface area contributed by atoms with Crippen LogP contribution in [0.5, 0.6) is 0 Å². The number of nitrogens with one attached hydrogen (secondary N) is 2. The zero-order valence-electron chi connectivity index (χ0n) is 10.7. The molecule has 2 N–H and O–H groups in total. The lowest BCUT2D eigenvalue weighted by Crippen LogP contribution is -2.41. The van der Waals surface area contributed by atoms with Crippen molar-refractivity contribution in [2.75, 3.05) is 20.1 Å². The quantitative estimate of drug-likeness (QED) is 0.613. The van der Waals surface area contributed by atoms with Crippen LogP contribution in [0, 0.1) is 0 Å². The van der Waals surface area contributed by atoms with Crippen LogP contribution in [0.25, 0.3) is 0 Å². The minimum absolute atomic E-state index is 0.340. The van der Waals surface area contributed by atoms with Gasteiger partial charge in [-0.15, -0.1) is 0 Å². The van der Waals surface area contributed by atoms with E-state index in [1.807, 2.05) is 7.05 Å². The summed E-state index contributed by atoms with van der Waals surface area (Å²) < 4.78 is 0. The Bertz CT molecular complexity index is 380. The molecule has 0 heterocycles. The number of hydrogen-bond donors (Lipinski definition) is 2. The molecule has 0 bridgehead atoms. The van der Waals surface area contributed by atoms with Crippen LogP contribution in [0.1, 0.15) is 25.3 Å². The van der Waals surface area contributed by atoms with Crippen molar-refractivity contribution in [2.24, 2.45) is 4.99 Å². The third kappa shape index (κ3) is 2.78. The fraction of sp³-hybridized carbons (Fsp3) is 0.500. The summed E-state index contributed by atoms with van der Waals surface area (Å²) in [6.45, 7) is 3.95. The molecule has 0 saturated heterocycles. The van der Waals surface area contributed by atoms with E-state index in [0.29, 0.717) is 5.41 Å². The highest BCUT2D eigenvalue weighted by molar-refractivity contribution is 5.79. The molecule has 3 heteroatoms. The van der Waals surface area contributed by atoms with E-state index >= 15 is 0 Å². The monoisotopic (exact) mass is 231 g/mol. The molecule has 17 heavy (non-hydrogen) atoms. The molecular weight excluding hydrogens is 210 g/mol. The van der Waals surface area contributed by atoms with Gasteiger partial charge in [0.2, 0.25) is 0 Å². The Kier molecular flexibility index (Phi) is 3.67. The fourth-order valence-corrected chi connectivity index (χ4v) is 2.15. The molecule has 0 spiro atoms. The largest absolute Gasteiger partial charge is 0.357 e. The summed E-state index contributed by atoms with van der Waals surface area (Å²) in [5.41, 5.74) is 1.78. The van der Waals surface area contributed by atoms with E-state index in [4.69, 9.17) is 0 Å². The lowest BCUT2D eigenvalue weighted by atomic mass is 9.96. The SMILES string of the molecule is CCNC(=NC)NCC1(c2ccccc2)CC1. The summed E-state index contributed by atoms with van der Waals surface area (Å²) in [7, 11) is 1.81. The highest BCUT2D eigenvalue weighted by Gasteiger charge is 2.43. The Morgan fingerprint density at radius 1 is 1.24 bits per heavy atom. The van der Waals surface area contributed by atoms with Crippen molar-refractivity contribution in [1.82, 2.24) is 10.6 Å². The van der Waals surface area contributed by atoms with Crippen molar-refractivity contribution < 1.29 is 0 Å². The Labute approximate surface area is 103 Å². The van der Waals surface area contributed by atoms with Gasteiger partial charge in [-0.05, 0) is 25.3 Å². The van der Waals surface area contributed by atoms with Crippen molar-refractivity contribution in [2.45, 2.75) is 25.2 Å². The smallest absolute Gasteiger partial charge is 0.190 e. The molecule has 1 aromatic carbocycles. The lowest BCUT2D eigenvalue weighted by Gasteiger charge is -2.18. The summed E-state index contributed by atoms with van der Waals surface area (Å²) in [4.78, 5) is 4.20. The second kappa shape index (κ2) is 5.21. The number of rotatable bonds is 4. The van der Waals surface area contributed by atoms with Crippen LogP contribution in [-0.4, -0.2) is 26.1 Å². The zero-order chi connectivity index (χ0) is 12.1. The van der Waals surface area contributed by atoms with Gasteiger partial charge < -0.3 is 10.6 Å². The Balaban J connectivity index is 1.95.